The molecule has 1 aromatic heterocycles. The molecule has 2 rings (SSSR count). The van der Waals surface area contributed by atoms with Gasteiger partial charge in [0.2, 0.25) is 5.89 Å². The molecule has 0 radical (unpaired) electrons. The maximum atomic E-state index is 5.67. The van der Waals surface area contributed by atoms with Crippen molar-refractivity contribution in [3.05, 3.63) is 11.7 Å². The summed E-state index contributed by atoms with van der Waals surface area (Å²) in [6, 6.07) is 0. The lowest BCUT2D eigenvalue weighted by Gasteiger charge is -2.21. The first-order valence-corrected chi connectivity index (χ1v) is 9.56. The number of halogens is 1. The molecule has 1 aliphatic rings. The van der Waals surface area contributed by atoms with Gasteiger partial charge in [-0.15, -0.1) is 24.0 Å². The van der Waals surface area contributed by atoms with Crippen LogP contribution in [0.3, 0.4) is 0 Å². The van der Waals surface area contributed by atoms with Crippen LogP contribution in [0, 0.1) is 5.92 Å². The Bertz CT molecular complexity index is 553. The second kappa shape index (κ2) is 13.3. The quantitative estimate of drug-likeness (QED) is 0.231. The molecule has 0 aliphatic carbocycles. The summed E-state index contributed by atoms with van der Waals surface area (Å²) < 4.78 is 16.0. The van der Waals surface area contributed by atoms with Crippen LogP contribution >= 0.6 is 24.0 Å². The van der Waals surface area contributed by atoms with E-state index in [2.05, 4.69) is 41.1 Å². The molecule has 1 N–H and O–H groups in total. The predicted octanol–water partition coefficient (Wildman–Crippen LogP) is 2.30. The lowest BCUT2D eigenvalue weighted by Crippen LogP contribution is -2.40. The summed E-state index contributed by atoms with van der Waals surface area (Å²) in [4.78, 5) is 11.4. The number of nitrogens with one attached hydrogen (secondary N) is 1. The number of hydrogen-bond donors (Lipinski definition) is 1. The molecule has 0 saturated carbocycles. The van der Waals surface area contributed by atoms with E-state index in [9.17, 15) is 0 Å². The Labute approximate surface area is 179 Å². The van der Waals surface area contributed by atoms with Gasteiger partial charge in [0.15, 0.2) is 11.8 Å². The first kappa shape index (κ1) is 24.1. The van der Waals surface area contributed by atoms with Gasteiger partial charge in [0.25, 0.3) is 0 Å². The van der Waals surface area contributed by atoms with Gasteiger partial charge in [-0.25, -0.2) is 0 Å². The summed E-state index contributed by atoms with van der Waals surface area (Å²) in [5, 5.41) is 7.38. The molecule has 1 saturated heterocycles. The molecular weight excluding hydrogens is 461 g/mol. The molecule has 27 heavy (non-hydrogen) atoms. The number of aromatic nitrogens is 2. The van der Waals surface area contributed by atoms with Crippen molar-refractivity contribution in [2.45, 2.75) is 39.5 Å². The van der Waals surface area contributed by atoms with E-state index in [1.54, 1.807) is 7.11 Å². The monoisotopic (exact) mass is 495 g/mol. The van der Waals surface area contributed by atoms with Crippen LogP contribution in [-0.2, 0) is 15.9 Å². The van der Waals surface area contributed by atoms with E-state index in [1.165, 1.54) is 0 Å². The molecule has 156 valence electrons. The normalized spacial score (nSPS) is 17.4. The number of rotatable bonds is 10. The zero-order valence-corrected chi connectivity index (χ0v) is 19.3. The third-order valence-corrected chi connectivity index (χ3v) is 4.29. The molecule has 1 aromatic rings. The fraction of sp³-hybridized carbons (Fsp3) is 0.833. The van der Waals surface area contributed by atoms with Gasteiger partial charge < -0.3 is 24.2 Å². The highest BCUT2D eigenvalue weighted by molar-refractivity contribution is 14.0. The van der Waals surface area contributed by atoms with Crippen LogP contribution in [0.15, 0.2) is 9.52 Å². The number of aliphatic imine (C=N–C) groups is 1. The number of nitrogens with zero attached hydrogens (tertiary/aromatic N) is 4. The maximum absolute atomic E-state index is 5.67. The number of likely N-dealkylation sites (tertiary alicyclic amines) is 1. The number of guanidine groups is 1. The molecule has 1 atom stereocenters. The van der Waals surface area contributed by atoms with E-state index in [0.29, 0.717) is 38.0 Å². The fourth-order valence-corrected chi connectivity index (χ4v) is 2.84. The van der Waals surface area contributed by atoms with E-state index in [4.69, 9.17) is 19.0 Å². The van der Waals surface area contributed by atoms with Gasteiger partial charge in [0.05, 0.1) is 26.4 Å². The fourth-order valence-electron chi connectivity index (χ4n) is 2.84. The lowest BCUT2D eigenvalue weighted by atomic mass is 10.1. The minimum absolute atomic E-state index is 0. The van der Waals surface area contributed by atoms with Crippen molar-refractivity contribution in [2.24, 2.45) is 10.9 Å². The minimum Gasteiger partial charge on any atom is -0.382 e. The van der Waals surface area contributed by atoms with Gasteiger partial charge in [-0.05, 0) is 13.3 Å². The van der Waals surface area contributed by atoms with Crippen LogP contribution in [0.5, 0.6) is 0 Å². The largest absolute Gasteiger partial charge is 0.382 e. The first-order chi connectivity index (χ1) is 12.6. The van der Waals surface area contributed by atoms with Gasteiger partial charge in [-0.1, -0.05) is 19.0 Å². The minimum atomic E-state index is 0. The second-order valence-electron chi connectivity index (χ2n) is 6.86. The van der Waals surface area contributed by atoms with Gasteiger partial charge in [0, 0.05) is 45.0 Å². The summed E-state index contributed by atoms with van der Waals surface area (Å²) in [5.74, 6) is 3.18. The molecule has 0 bridgehead atoms. The number of ether oxygens (including phenoxy) is 2. The zero-order chi connectivity index (χ0) is 18.8. The van der Waals surface area contributed by atoms with Crippen LogP contribution in [0.1, 0.15) is 44.8 Å². The molecule has 8 nitrogen and oxygen atoms in total. The van der Waals surface area contributed by atoms with E-state index in [-0.39, 0.29) is 29.9 Å². The average molecular weight is 495 g/mol. The van der Waals surface area contributed by atoms with E-state index >= 15 is 0 Å². The van der Waals surface area contributed by atoms with Crippen LogP contribution in [0.4, 0.5) is 0 Å². The Hall–Kier alpha value is -0.940. The van der Waals surface area contributed by atoms with Crippen molar-refractivity contribution in [2.75, 3.05) is 53.1 Å². The number of hydrogen-bond acceptors (Lipinski definition) is 6. The van der Waals surface area contributed by atoms with Crippen molar-refractivity contribution in [1.82, 2.24) is 20.4 Å². The van der Waals surface area contributed by atoms with Crippen LogP contribution in [-0.4, -0.2) is 74.1 Å². The van der Waals surface area contributed by atoms with Crippen molar-refractivity contribution in [1.29, 1.82) is 0 Å². The Kier molecular flexibility index (Phi) is 11.8. The topological polar surface area (TPSA) is 85.0 Å². The lowest BCUT2D eigenvalue weighted by molar-refractivity contribution is 0.0536. The maximum Gasteiger partial charge on any atom is 0.228 e. The predicted molar refractivity (Wildman–Crippen MR) is 116 cm³/mol. The van der Waals surface area contributed by atoms with Gasteiger partial charge in [-0.3, -0.25) is 4.99 Å². The Morgan fingerprint density at radius 3 is 2.89 bits per heavy atom. The smallest absolute Gasteiger partial charge is 0.228 e. The third kappa shape index (κ3) is 8.30. The van der Waals surface area contributed by atoms with Gasteiger partial charge in [-0.2, -0.15) is 4.98 Å². The highest BCUT2D eigenvalue weighted by Gasteiger charge is 2.25. The van der Waals surface area contributed by atoms with Crippen LogP contribution in [0.2, 0.25) is 0 Å². The summed E-state index contributed by atoms with van der Waals surface area (Å²) >= 11 is 0. The van der Waals surface area contributed by atoms with E-state index < -0.39 is 0 Å². The van der Waals surface area contributed by atoms with Gasteiger partial charge >= 0.3 is 0 Å². The zero-order valence-electron chi connectivity index (χ0n) is 16.9. The van der Waals surface area contributed by atoms with Crippen LogP contribution in [0.25, 0.3) is 0 Å². The summed E-state index contributed by atoms with van der Waals surface area (Å²) in [6.07, 6.45) is 1.78. The standard InChI is InChI=1S/C18H33N5O3.HI/c1-5-19-18(20-8-6-16-21-17(14(2)3)22-26-16)23-9-7-15(12-23)13-25-11-10-24-4;/h14-15H,5-13H2,1-4H3,(H,19,20);1H. The highest BCUT2D eigenvalue weighted by atomic mass is 127. The van der Waals surface area contributed by atoms with Crippen molar-refractivity contribution in [3.63, 3.8) is 0 Å². The molecular formula is C18H34IN5O3. The molecule has 1 aliphatic heterocycles. The van der Waals surface area contributed by atoms with Crippen molar-refractivity contribution >= 4 is 29.9 Å². The molecule has 0 spiro atoms. The first-order valence-electron chi connectivity index (χ1n) is 9.56. The Balaban J connectivity index is 0.00000364. The molecule has 0 amide bonds. The number of methoxy groups -OCH3 is 1. The summed E-state index contributed by atoms with van der Waals surface area (Å²) in [6.45, 7) is 11.7. The Morgan fingerprint density at radius 2 is 2.22 bits per heavy atom. The molecule has 0 aromatic carbocycles. The van der Waals surface area contributed by atoms with E-state index in [0.717, 1.165) is 44.4 Å². The highest BCUT2D eigenvalue weighted by Crippen LogP contribution is 2.17. The third-order valence-electron chi connectivity index (χ3n) is 4.29. The van der Waals surface area contributed by atoms with Gasteiger partial charge in [0.1, 0.15) is 0 Å². The second-order valence-corrected chi connectivity index (χ2v) is 6.86. The Morgan fingerprint density at radius 1 is 1.41 bits per heavy atom. The molecule has 9 heteroatoms. The van der Waals surface area contributed by atoms with E-state index in [1.807, 2.05) is 0 Å². The van der Waals surface area contributed by atoms with Crippen LogP contribution < -0.4 is 5.32 Å². The SMILES string of the molecule is CCNC(=NCCc1nc(C(C)C)no1)N1CCC(COCCOC)C1.I. The molecule has 2 heterocycles. The molecule has 1 unspecified atom stereocenters. The molecule has 1 fully saturated rings. The summed E-state index contributed by atoms with van der Waals surface area (Å²) in [5.41, 5.74) is 0. The average Bonchev–Trinajstić information content (AvgIpc) is 3.28. The van der Waals surface area contributed by atoms with Crippen molar-refractivity contribution < 1.29 is 14.0 Å². The van der Waals surface area contributed by atoms with Crippen molar-refractivity contribution in [3.8, 4) is 0 Å². The summed E-state index contributed by atoms with van der Waals surface area (Å²) in [7, 11) is 1.69.